The summed E-state index contributed by atoms with van der Waals surface area (Å²) in [5.41, 5.74) is 5.97. The molecule has 0 radical (unpaired) electrons. The Kier molecular flexibility index (Phi) is 6.59. The van der Waals surface area contributed by atoms with Gasteiger partial charge in [0.1, 0.15) is 0 Å². The Bertz CT molecular complexity index is 679. The van der Waals surface area contributed by atoms with Crippen molar-refractivity contribution in [2.24, 2.45) is 11.7 Å². The van der Waals surface area contributed by atoms with Gasteiger partial charge >= 0.3 is 0 Å². The van der Waals surface area contributed by atoms with Gasteiger partial charge in [0.15, 0.2) is 11.6 Å². The molecule has 6 nitrogen and oxygen atoms in total. The predicted molar refractivity (Wildman–Crippen MR) is 81.6 cm³/mol. The van der Waals surface area contributed by atoms with E-state index in [0.717, 1.165) is 12.1 Å². The van der Waals surface area contributed by atoms with Crippen LogP contribution < -0.4 is 11.1 Å². The Morgan fingerprint density at radius 2 is 2.04 bits per heavy atom. The molecule has 0 spiro atoms. The van der Waals surface area contributed by atoms with Crippen LogP contribution in [-0.2, 0) is 11.3 Å². The zero-order chi connectivity index (χ0) is 16.3. The summed E-state index contributed by atoms with van der Waals surface area (Å²) in [6, 6.07) is 2.65. The van der Waals surface area contributed by atoms with Gasteiger partial charge in [-0.05, 0) is 24.1 Å². The van der Waals surface area contributed by atoms with Crippen molar-refractivity contribution in [3.63, 3.8) is 0 Å². The van der Waals surface area contributed by atoms with Crippen LogP contribution in [0.3, 0.4) is 0 Å². The van der Waals surface area contributed by atoms with Crippen LogP contribution in [0.5, 0.6) is 0 Å². The monoisotopic (exact) mass is 346 g/mol. The maximum atomic E-state index is 13.2. The van der Waals surface area contributed by atoms with E-state index in [4.69, 9.17) is 10.3 Å². The van der Waals surface area contributed by atoms with Crippen molar-refractivity contribution in [2.45, 2.75) is 26.4 Å². The van der Waals surface area contributed by atoms with Crippen LogP contribution in [-0.4, -0.2) is 22.1 Å². The van der Waals surface area contributed by atoms with Crippen molar-refractivity contribution in [1.29, 1.82) is 0 Å². The van der Waals surface area contributed by atoms with Gasteiger partial charge < -0.3 is 15.6 Å². The Labute approximate surface area is 137 Å². The molecule has 0 unspecified atom stereocenters. The maximum absolute atomic E-state index is 13.2. The second-order valence-electron chi connectivity index (χ2n) is 5.13. The van der Waals surface area contributed by atoms with Gasteiger partial charge in [-0.15, -0.1) is 12.4 Å². The van der Waals surface area contributed by atoms with Crippen molar-refractivity contribution in [1.82, 2.24) is 15.5 Å². The minimum absolute atomic E-state index is 0. The molecule has 0 aliphatic rings. The van der Waals surface area contributed by atoms with Gasteiger partial charge in [0.25, 0.3) is 0 Å². The number of carbonyl (C=O) groups is 1. The molecule has 126 valence electrons. The number of hydrogen-bond acceptors (Lipinski definition) is 5. The summed E-state index contributed by atoms with van der Waals surface area (Å²) < 4.78 is 31.0. The third-order valence-corrected chi connectivity index (χ3v) is 3.08. The fourth-order valence-corrected chi connectivity index (χ4v) is 1.66. The molecule has 23 heavy (non-hydrogen) atoms. The Hall–Kier alpha value is -2.06. The highest BCUT2D eigenvalue weighted by Crippen LogP contribution is 2.18. The van der Waals surface area contributed by atoms with Gasteiger partial charge in [0.05, 0.1) is 12.6 Å². The summed E-state index contributed by atoms with van der Waals surface area (Å²) in [6.45, 7) is 3.67. The summed E-state index contributed by atoms with van der Waals surface area (Å²) in [5, 5.41) is 6.23. The van der Waals surface area contributed by atoms with Crippen LogP contribution in [0.4, 0.5) is 8.78 Å². The minimum atomic E-state index is -1.000. The smallest absolute Gasteiger partial charge is 0.246 e. The SMILES string of the molecule is CC(C)[C@H](N)C(=O)NCc1nc(-c2ccc(F)c(F)c2)no1.Cl. The number of carbonyl (C=O) groups excluding carboxylic acids is 1. The fourth-order valence-electron chi connectivity index (χ4n) is 1.66. The molecular formula is C14H17ClF2N4O2. The van der Waals surface area contributed by atoms with E-state index in [1.54, 1.807) is 0 Å². The zero-order valence-electron chi connectivity index (χ0n) is 12.5. The Balaban J connectivity index is 0.00000264. The molecule has 0 aliphatic heterocycles. The molecule has 2 aromatic rings. The first-order chi connectivity index (χ1) is 10.4. The number of halogens is 3. The number of aromatic nitrogens is 2. The molecule has 0 aliphatic carbocycles. The quantitative estimate of drug-likeness (QED) is 0.864. The fraction of sp³-hybridized carbons (Fsp3) is 0.357. The van der Waals surface area contributed by atoms with Gasteiger partial charge in [0, 0.05) is 5.56 Å². The molecule has 9 heteroatoms. The molecule has 1 aromatic heterocycles. The van der Waals surface area contributed by atoms with E-state index in [1.807, 2.05) is 13.8 Å². The lowest BCUT2D eigenvalue weighted by Gasteiger charge is -2.14. The third-order valence-electron chi connectivity index (χ3n) is 3.08. The van der Waals surface area contributed by atoms with Crippen molar-refractivity contribution < 1.29 is 18.1 Å². The van der Waals surface area contributed by atoms with Crippen LogP contribution >= 0.6 is 12.4 Å². The van der Waals surface area contributed by atoms with E-state index in [0.29, 0.717) is 0 Å². The van der Waals surface area contributed by atoms with Crippen LogP contribution in [0, 0.1) is 17.6 Å². The number of nitrogens with two attached hydrogens (primary N) is 1. The number of nitrogens with one attached hydrogen (secondary N) is 1. The van der Waals surface area contributed by atoms with E-state index in [2.05, 4.69) is 15.5 Å². The maximum Gasteiger partial charge on any atom is 0.246 e. The normalized spacial score (nSPS) is 11.9. The number of hydrogen-bond donors (Lipinski definition) is 2. The predicted octanol–water partition coefficient (Wildman–Crippen LogP) is 2.04. The lowest BCUT2D eigenvalue weighted by atomic mass is 10.1. The average molecular weight is 347 g/mol. The largest absolute Gasteiger partial charge is 0.346 e. The van der Waals surface area contributed by atoms with E-state index < -0.39 is 17.7 Å². The van der Waals surface area contributed by atoms with Crippen molar-refractivity contribution in [3.05, 3.63) is 35.7 Å². The summed E-state index contributed by atoms with van der Waals surface area (Å²) in [7, 11) is 0. The first-order valence-corrected chi connectivity index (χ1v) is 6.69. The third kappa shape index (κ3) is 4.70. The van der Waals surface area contributed by atoms with Gasteiger partial charge in [-0.2, -0.15) is 4.98 Å². The Morgan fingerprint density at radius 1 is 1.35 bits per heavy atom. The Morgan fingerprint density at radius 3 is 2.65 bits per heavy atom. The molecule has 1 amide bonds. The highest BCUT2D eigenvalue weighted by Gasteiger charge is 2.18. The van der Waals surface area contributed by atoms with Gasteiger partial charge in [-0.25, -0.2) is 8.78 Å². The van der Waals surface area contributed by atoms with E-state index >= 15 is 0 Å². The summed E-state index contributed by atoms with van der Waals surface area (Å²) in [6.07, 6.45) is 0. The first-order valence-electron chi connectivity index (χ1n) is 6.69. The van der Waals surface area contributed by atoms with Gasteiger partial charge in [0.2, 0.25) is 17.6 Å². The van der Waals surface area contributed by atoms with Crippen molar-refractivity contribution >= 4 is 18.3 Å². The molecule has 0 bridgehead atoms. The van der Waals surface area contributed by atoms with E-state index in [9.17, 15) is 13.6 Å². The molecule has 1 atom stereocenters. The summed E-state index contributed by atoms with van der Waals surface area (Å²) in [4.78, 5) is 15.7. The van der Waals surface area contributed by atoms with Gasteiger partial charge in [-0.1, -0.05) is 19.0 Å². The van der Waals surface area contributed by atoms with E-state index in [1.165, 1.54) is 6.07 Å². The van der Waals surface area contributed by atoms with Gasteiger partial charge in [-0.3, -0.25) is 4.79 Å². The highest BCUT2D eigenvalue weighted by molar-refractivity contribution is 5.85. The standard InChI is InChI=1S/C14H16F2N4O2.ClH/c1-7(2)12(17)14(21)18-6-11-19-13(20-22-11)8-3-4-9(15)10(16)5-8;/h3-5,7,12H,6,17H2,1-2H3,(H,18,21);1H/t12-;/m0./s1. The second kappa shape index (κ2) is 7.98. The molecule has 2 rings (SSSR count). The van der Waals surface area contributed by atoms with Crippen molar-refractivity contribution in [3.8, 4) is 11.4 Å². The highest BCUT2D eigenvalue weighted by atomic mass is 35.5. The molecule has 0 saturated carbocycles. The van der Waals surface area contributed by atoms with Crippen LogP contribution in [0.15, 0.2) is 22.7 Å². The topological polar surface area (TPSA) is 94.0 Å². The summed E-state index contributed by atoms with van der Waals surface area (Å²) >= 11 is 0. The number of nitrogens with zero attached hydrogens (tertiary/aromatic N) is 2. The first kappa shape index (κ1) is 19.0. The number of rotatable bonds is 5. The lowest BCUT2D eigenvalue weighted by molar-refractivity contribution is -0.123. The van der Waals surface area contributed by atoms with Crippen LogP contribution in [0.1, 0.15) is 19.7 Å². The van der Waals surface area contributed by atoms with E-state index in [-0.39, 0.29) is 48.1 Å². The molecule has 1 aromatic carbocycles. The molecule has 3 N–H and O–H groups in total. The van der Waals surface area contributed by atoms with Crippen LogP contribution in [0.25, 0.3) is 11.4 Å². The molecule has 0 fully saturated rings. The average Bonchev–Trinajstić information content (AvgIpc) is 2.95. The summed E-state index contributed by atoms with van der Waals surface area (Å²) in [5.74, 6) is -2.04. The number of benzene rings is 1. The van der Waals surface area contributed by atoms with Crippen LogP contribution in [0.2, 0.25) is 0 Å². The molecule has 1 heterocycles. The van der Waals surface area contributed by atoms with Crippen molar-refractivity contribution in [2.75, 3.05) is 0 Å². The lowest BCUT2D eigenvalue weighted by Crippen LogP contribution is -2.43. The minimum Gasteiger partial charge on any atom is -0.346 e. The molecule has 0 saturated heterocycles. The second-order valence-corrected chi connectivity index (χ2v) is 5.13. The zero-order valence-corrected chi connectivity index (χ0v) is 13.4. The molecular weight excluding hydrogens is 330 g/mol. The number of amides is 1.